The number of hydrogen-bond donors (Lipinski definition) is 0. The summed E-state index contributed by atoms with van der Waals surface area (Å²) in [6, 6.07) is 12.7. The summed E-state index contributed by atoms with van der Waals surface area (Å²) in [5, 5.41) is 0. The second kappa shape index (κ2) is 4.95. The molecule has 3 rings (SSSR count). The molecule has 2 nitrogen and oxygen atoms in total. The van der Waals surface area contributed by atoms with Gasteiger partial charge in [-0.15, -0.1) is 11.6 Å². The Hall–Kier alpha value is -1.80. The first-order chi connectivity index (χ1) is 9.61. The van der Waals surface area contributed by atoms with Crippen LogP contribution in [0.25, 0.3) is 16.7 Å². The van der Waals surface area contributed by atoms with E-state index < -0.39 is 0 Å². The molecular formula is C17H17ClN2. The normalized spacial score (nSPS) is 11.2. The summed E-state index contributed by atoms with van der Waals surface area (Å²) >= 11 is 6.10. The third-order valence-corrected chi connectivity index (χ3v) is 4.05. The zero-order valence-electron chi connectivity index (χ0n) is 11.9. The van der Waals surface area contributed by atoms with Gasteiger partial charge in [0.05, 0.1) is 22.6 Å². The quantitative estimate of drug-likeness (QED) is 0.624. The zero-order chi connectivity index (χ0) is 14.3. The number of aromatic nitrogens is 2. The number of alkyl halides is 1. The van der Waals surface area contributed by atoms with Crippen molar-refractivity contribution in [2.24, 2.45) is 0 Å². The van der Waals surface area contributed by atoms with E-state index in [-0.39, 0.29) is 0 Å². The number of imidazole rings is 1. The van der Waals surface area contributed by atoms with Crippen molar-refractivity contribution in [1.82, 2.24) is 9.55 Å². The van der Waals surface area contributed by atoms with Crippen LogP contribution >= 0.6 is 11.6 Å². The Morgan fingerprint density at radius 1 is 1.10 bits per heavy atom. The van der Waals surface area contributed by atoms with Crippen LogP contribution in [0.15, 0.2) is 36.4 Å². The highest BCUT2D eigenvalue weighted by atomic mass is 35.5. The summed E-state index contributed by atoms with van der Waals surface area (Å²) in [7, 11) is 0. The van der Waals surface area contributed by atoms with E-state index in [1.54, 1.807) is 0 Å². The second-order valence-corrected chi connectivity index (χ2v) is 5.48. The van der Waals surface area contributed by atoms with Gasteiger partial charge < -0.3 is 0 Å². The molecule has 0 fully saturated rings. The van der Waals surface area contributed by atoms with Gasteiger partial charge in [0.2, 0.25) is 0 Å². The van der Waals surface area contributed by atoms with Gasteiger partial charge in [0.1, 0.15) is 5.82 Å². The molecule has 0 amide bonds. The Bertz CT molecular complexity index is 787. The van der Waals surface area contributed by atoms with E-state index in [1.165, 1.54) is 16.7 Å². The number of nitrogens with zero attached hydrogens (tertiary/aromatic N) is 2. The summed E-state index contributed by atoms with van der Waals surface area (Å²) in [6.07, 6.45) is 0. The first-order valence-electron chi connectivity index (χ1n) is 6.72. The van der Waals surface area contributed by atoms with Crippen LogP contribution in [0.4, 0.5) is 0 Å². The highest BCUT2D eigenvalue weighted by molar-refractivity contribution is 6.17. The minimum atomic E-state index is 0.404. The first kappa shape index (κ1) is 13.2. The maximum absolute atomic E-state index is 6.10. The summed E-state index contributed by atoms with van der Waals surface area (Å²) in [5.41, 5.74) is 7.02. The molecule has 1 heterocycles. The number of halogens is 1. The predicted molar refractivity (Wildman–Crippen MR) is 84.8 cm³/mol. The fourth-order valence-corrected chi connectivity index (χ4v) is 2.76. The number of hydrogen-bond acceptors (Lipinski definition) is 1. The minimum Gasteiger partial charge on any atom is -0.295 e. The number of aryl methyl sites for hydroxylation is 2. The molecule has 0 radical (unpaired) electrons. The molecule has 102 valence electrons. The van der Waals surface area contributed by atoms with E-state index >= 15 is 0 Å². The van der Waals surface area contributed by atoms with E-state index in [0.717, 1.165) is 22.5 Å². The van der Waals surface area contributed by atoms with Crippen LogP contribution in [0.3, 0.4) is 0 Å². The van der Waals surface area contributed by atoms with Crippen LogP contribution in [0.1, 0.15) is 22.5 Å². The maximum atomic E-state index is 6.10. The largest absolute Gasteiger partial charge is 0.295 e. The molecule has 0 N–H and O–H groups in total. The molecule has 0 saturated heterocycles. The van der Waals surface area contributed by atoms with Gasteiger partial charge in [-0.05, 0) is 55.7 Å². The zero-order valence-corrected chi connectivity index (χ0v) is 12.7. The molecule has 0 saturated carbocycles. The lowest BCUT2D eigenvalue weighted by molar-refractivity contribution is 0.969. The fraction of sp³-hybridized carbons (Fsp3) is 0.235. The lowest BCUT2D eigenvalue weighted by Crippen LogP contribution is -2.02. The van der Waals surface area contributed by atoms with Crippen molar-refractivity contribution in [3.63, 3.8) is 0 Å². The van der Waals surface area contributed by atoms with E-state index in [4.69, 9.17) is 11.6 Å². The smallest absolute Gasteiger partial charge is 0.129 e. The van der Waals surface area contributed by atoms with Gasteiger partial charge in [0.25, 0.3) is 0 Å². The Morgan fingerprint density at radius 3 is 2.65 bits per heavy atom. The third kappa shape index (κ3) is 2.01. The average Bonchev–Trinajstić information content (AvgIpc) is 2.79. The van der Waals surface area contributed by atoms with Gasteiger partial charge in [0, 0.05) is 0 Å². The molecule has 0 aliphatic carbocycles. The van der Waals surface area contributed by atoms with Crippen molar-refractivity contribution >= 4 is 22.6 Å². The van der Waals surface area contributed by atoms with Gasteiger partial charge in [-0.1, -0.05) is 18.2 Å². The Kier molecular flexibility index (Phi) is 3.27. The number of fused-ring (bicyclic) bond motifs is 1. The van der Waals surface area contributed by atoms with Crippen molar-refractivity contribution in [3.05, 3.63) is 58.9 Å². The SMILES string of the molecule is Cc1ccc2c(c1)nc(CCl)n2-c1cccc(C)c1C. The third-order valence-electron chi connectivity index (χ3n) is 3.82. The Balaban J connectivity index is 2.37. The molecule has 0 aliphatic rings. The van der Waals surface area contributed by atoms with Gasteiger partial charge in [0.15, 0.2) is 0 Å². The first-order valence-corrected chi connectivity index (χ1v) is 7.26. The van der Waals surface area contributed by atoms with E-state index in [1.807, 2.05) is 0 Å². The molecular weight excluding hydrogens is 268 g/mol. The molecule has 3 heteroatoms. The monoisotopic (exact) mass is 284 g/mol. The molecule has 2 aromatic carbocycles. The van der Waals surface area contributed by atoms with Crippen molar-refractivity contribution in [3.8, 4) is 5.69 Å². The van der Waals surface area contributed by atoms with Crippen molar-refractivity contribution in [2.75, 3.05) is 0 Å². The van der Waals surface area contributed by atoms with Crippen molar-refractivity contribution < 1.29 is 0 Å². The highest BCUT2D eigenvalue weighted by Gasteiger charge is 2.13. The molecule has 0 spiro atoms. The summed E-state index contributed by atoms with van der Waals surface area (Å²) < 4.78 is 2.17. The Morgan fingerprint density at radius 2 is 1.90 bits per heavy atom. The molecule has 20 heavy (non-hydrogen) atoms. The molecule has 3 aromatic rings. The van der Waals surface area contributed by atoms with Crippen LogP contribution < -0.4 is 0 Å². The number of benzene rings is 2. The standard InChI is InChI=1S/C17H17ClN2/c1-11-7-8-16-14(9-11)19-17(10-18)20(16)15-6-4-5-12(2)13(15)3/h4-9H,10H2,1-3H3. The van der Waals surface area contributed by atoms with E-state index in [2.05, 4.69) is 66.7 Å². The lowest BCUT2D eigenvalue weighted by atomic mass is 10.1. The average molecular weight is 285 g/mol. The second-order valence-electron chi connectivity index (χ2n) is 5.21. The van der Waals surface area contributed by atoms with Gasteiger partial charge in [-0.25, -0.2) is 4.98 Å². The molecule has 0 unspecified atom stereocenters. The topological polar surface area (TPSA) is 17.8 Å². The van der Waals surface area contributed by atoms with Crippen molar-refractivity contribution in [1.29, 1.82) is 0 Å². The van der Waals surface area contributed by atoms with Crippen LogP contribution in [0.5, 0.6) is 0 Å². The molecule has 0 aliphatic heterocycles. The van der Waals surface area contributed by atoms with E-state index in [9.17, 15) is 0 Å². The summed E-state index contributed by atoms with van der Waals surface area (Å²) in [6.45, 7) is 6.35. The predicted octanol–water partition coefficient (Wildman–Crippen LogP) is 4.69. The van der Waals surface area contributed by atoms with Crippen LogP contribution in [-0.2, 0) is 5.88 Å². The lowest BCUT2D eigenvalue weighted by Gasteiger charge is -2.13. The van der Waals surface area contributed by atoms with Gasteiger partial charge >= 0.3 is 0 Å². The fourth-order valence-electron chi connectivity index (χ4n) is 2.58. The number of rotatable bonds is 2. The molecule has 0 atom stereocenters. The minimum absolute atomic E-state index is 0.404. The van der Waals surface area contributed by atoms with Gasteiger partial charge in [-0.2, -0.15) is 0 Å². The van der Waals surface area contributed by atoms with Gasteiger partial charge in [-0.3, -0.25) is 4.57 Å². The molecule has 0 bridgehead atoms. The molecule has 1 aromatic heterocycles. The van der Waals surface area contributed by atoms with Crippen LogP contribution in [0.2, 0.25) is 0 Å². The maximum Gasteiger partial charge on any atom is 0.129 e. The summed E-state index contributed by atoms with van der Waals surface area (Å²) in [5.74, 6) is 1.29. The van der Waals surface area contributed by atoms with Crippen molar-refractivity contribution in [2.45, 2.75) is 26.7 Å². The Labute approximate surface area is 124 Å². The van der Waals surface area contributed by atoms with E-state index in [0.29, 0.717) is 5.88 Å². The summed E-state index contributed by atoms with van der Waals surface area (Å²) in [4.78, 5) is 4.67. The highest BCUT2D eigenvalue weighted by Crippen LogP contribution is 2.26. The van der Waals surface area contributed by atoms with Crippen LogP contribution in [-0.4, -0.2) is 9.55 Å². The van der Waals surface area contributed by atoms with Crippen LogP contribution in [0, 0.1) is 20.8 Å².